The highest BCUT2D eigenvalue weighted by atomic mass is 32.2. The molecule has 182 valence electrons. The number of nitrogens with one attached hydrogen (secondary N) is 1. The van der Waals surface area contributed by atoms with Crippen molar-refractivity contribution in [1.29, 1.82) is 0 Å². The molecular weight excluding hydrogens is 466 g/mol. The third-order valence-corrected chi connectivity index (χ3v) is 8.41. The number of ether oxygens (including phenoxy) is 1. The molecule has 0 aromatic heterocycles. The highest BCUT2D eigenvalue weighted by Crippen LogP contribution is 2.40. The Kier molecular flexibility index (Phi) is 6.31. The van der Waals surface area contributed by atoms with Crippen molar-refractivity contribution in [2.45, 2.75) is 24.7 Å². The van der Waals surface area contributed by atoms with Crippen LogP contribution in [0.3, 0.4) is 0 Å². The zero-order valence-corrected chi connectivity index (χ0v) is 20.3. The van der Waals surface area contributed by atoms with Crippen molar-refractivity contribution in [3.05, 3.63) is 65.7 Å². The molecule has 0 aliphatic carbocycles. The van der Waals surface area contributed by atoms with E-state index in [2.05, 4.69) is 12.2 Å². The molecule has 8 nitrogen and oxygen atoms in total. The number of hydrogen-bond donors (Lipinski definition) is 1. The molecule has 3 aromatic rings. The summed E-state index contributed by atoms with van der Waals surface area (Å²) in [5, 5.41) is 4.58. The molecule has 35 heavy (non-hydrogen) atoms. The van der Waals surface area contributed by atoms with Crippen molar-refractivity contribution in [3.63, 3.8) is 0 Å². The van der Waals surface area contributed by atoms with E-state index in [0.29, 0.717) is 49.7 Å². The summed E-state index contributed by atoms with van der Waals surface area (Å²) in [5.74, 6) is -0.368. The van der Waals surface area contributed by atoms with E-state index in [9.17, 15) is 18.0 Å². The van der Waals surface area contributed by atoms with Crippen molar-refractivity contribution in [1.82, 2.24) is 4.31 Å². The van der Waals surface area contributed by atoms with Gasteiger partial charge in [-0.2, -0.15) is 4.31 Å². The Labute approximate surface area is 204 Å². The molecule has 2 amide bonds. The van der Waals surface area contributed by atoms with Crippen LogP contribution < -0.4 is 10.2 Å². The molecule has 2 heterocycles. The van der Waals surface area contributed by atoms with E-state index >= 15 is 0 Å². The summed E-state index contributed by atoms with van der Waals surface area (Å²) < 4.78 is 32.3. The Morgan fingerprint density at radius 1 is 1.03 bits per heavy atom. The molecule has 3 aromatic carbocycles. The number of morpholine rings is 1. The maximum Gasteiger partial charge on any atom is 0.258 e. The summed E-state index contributed by atoms with van der Waals surface area (Å²) in [5.41, 5.74) is 2.45. The van der Waals surface area contributed by atoms with Crippen LogP contribution in [0.25, 0.3) is 10.8 Å². The lowest BCUT2D eigenvalue weighted by atomic mass is 10.0. The highest BCUT2D eigenvalue weighted by molar-refractivity contribution is 7.89. The lowest BCUT2D eigenvalue weighted by Gasteiger charge is -2.26. The number of sulfonamides is 1. The predicted molar refractivity (Wildman–Crippen MR) is 135 cm³/mol. The number of hydrogen-bond acceptors (Lipinski definition) is 5. The van der Waals surface area contributed by atoms with Crippen molar-refractivity contribution >= 4 is 44.0 Å². The molecule has 0 spiro atoms. The molecule has 1 fully saturated rings. The minimum Gasteiger partial charge on any atom is -0.379 e. The maximum absolute atomic E-state index is 13.0. The normalized spacial score (nSPS) is 16.1. The fourth-order valence-electron chi connectivity index (χ4n) is 4.60. The SMILES string of the molecule is CCCCN1C(=O)c2cccc3c(NC(=O)c4ccc(S(=O)(=O)N5CCOCC5)cc4)ccc1c23. The molecule has 1 saturated heterocycles. The van der Waals surface area contributed by atoms with Gasteiger partial charge in [0.2, 0.25) is 10.0 Å². The van der Waals surface area contributed by atoms with Crippen LogP contribution in [0.2, 0.25) is 0 Å². The van der Waals surface area contributed by atoms with Gasteiger partial charge in [0.05, 0.1) is 23.8 Å². The molecular formula is C26H27N3O5S. The molecule has 9 heteroatoms. The first kappa shape index (κ1) is 23.5. The van der Waals surface area contributed by atoms with E-state index in [0.717, 1.165) is 29.3 Å². The van der Waals surface area contributed by atoms with E-state index < -0.39 is 10.0 Å². The Bertz CT molecular complexity index is 1400. The Morgan fingerprint density at radius 3 is 2.49 bits per heavy atom. The molecule has 2 aliphatic rings. The average Bonchev–Trinajstić information content (AvgIpc) is 3.16. The first-order valence-corrected chi connectivity index (χ1v) is 13.2. The van der Waals surface area contributed by atoms with Gasteiger partial charge in [0.25, 0.3) is 11.8 Å². The number of unbranched alkanes of at least 4 members (excludes halogenated alkanes) is 1. The van der Waals surface area contributed by atoms with Crippen molar-refractivity contribution in [2.75, 3.05) is 43.1 Å². The number of anilines is 2. The largest absolute Gasteiger partial charge is 0.379 e. The second kappa shape index (κ2) is 9.41. The van der Waals surface area contributed by atoms with Gasteiger partial charge >= 0.3 is 0 Å². The number of rotatable bonds is 7. The smallest absolute Gasteiger partial charge is 0.258 e. The van der Waals surface area contributed by atoms with Gasteiger partial charge in [0.1, 0.15) is 0 Å². The van der Waals surface area contributed by atoms with Gasteiger partial charge in [0, 0.05) is 47.2 Å². The van der Waals surface area contributed by atoms with E-state index in [4.69, 9.17) is 4.74 Å². The third-order valence-electron chi connectivity index (χ3n) is 6.49. The summed E-state index contributed by atoms with van der Waals surface area (Å²) in [6.07, 6.45) is 1.90. The van der Waals surface area contributed by atoms with Crippen LogP contribution in [0.4, 0.5) is 11.4 Å². The highest BCUT2D eigenvalue weighted by Gasteiger charge is 2.30. The lowest BCUT2D eigenvalue weighted by molar-refractivity contribution is 0.0730. The van der Waals surface area contributed by atoms with Gasteiger partial charge in [-0.15, -0.1) is 0 Å². The number of benzene rings is 3. The molecule has 0 atom stereocenters. The van der Waals surface area contributed by atoms with Gasteiger partial charge in [0.15, 0.2) is 0 Å². The topological polar surface area (TPSA) is 96.0 Å². The molecule has 0 saturated carbocycles. The van der Waals surface area contributed by atoms with Gasteiger partial charge in [-0.05, 0) is 48.9 Å². The molecule has 5 rings (SSSR count). The molecule has 2 aliphatic heterocycles. The number of amides is 2. The molecule has 0 bridgehead atoms. The van der Waals surface area contributed by atoms with E-state index in [1.54, 1.807) is 4.90 Å². The second-order valence-electron chi connectivity index (χ2n) is 8.67. The Morgan fingerprint density at radius 2 is 1.77 bits per heavy atom. The minimum absolute atomic E-state index is 0.0143. The summed E-state index contributed by atoms with van der Waals surface area (Å²) in [6, 6.07) is 15.2. The fourth-order valence-corrected chi connectivity index (χ4v) is 6.01. The van der Waals surface area contributed by atoms with Crippen LogP contribution in [0.1, 0.15) is 40.5 Å². The van der Waals surface area contributed by atoms with Gasteiger partial charge in [-0.25, -0.2) is 8.42 Å². The monoisotopic (exact) mass is 493 g/mol. The van der Waals surface area contributed by atoms with Crippen LogP contribution in [0.15, 0.2) is 59.5 Å². The quantitative estimate of drug-likeness (QED) is 0.539. The van der Waals surface area contributed by atoms with Crippen LogP contribution in [-0.4, -0.2) is 57.4 Å². The van der Waals surface area contributed by atoms with Gasteiger partial charge in [-0.1, -0.05) is 25.5 Å². The van der Waals surface area contributed by atoms with Gasteiger partial charge in [-0.3, -0.25) is 9.59 Å². The van der Waals surface area contributed by atoms with Gasteiger partial charge < -0.3 is 15.0 Å². The Balaban J connectivity index is 1.39. The summed E-state index contributed by atoms with van der Waals surface area (Å²) >= 11 is 0. The van der Waals surface area contributed by atoms with Crippen molar-refractivity contribution in [2.24, 2.45) is 0 Å². The number of nitrogens with zero attached hydrogens (tertiary/aromatic N) is 2. The first-order valence-electron chi connectivity index (χ1n) is 11.8. The Hall–Kier alpha value is -3.27. The number of carbonyl (C=O) groups excluding carboxylic acids is 2. The standard InChI is InChI=1S/C26H27N3O5S/c1-2-3-13-29-23-12-11-22(20-5-4-6-21(24(20)23)26(29)31)27-25(30)18-7-9-19(10-8-18)35(32,33)28-14-16-34-17-15-28/h4-12H,2-3,13-17H2,1H3,(H,27,30). The van der Waals surface area contributed by atoms with Crippen LogP contribution in [-0.2, 0) is 14.8 Å². The second-order valence-corrected chi connectivity index (χ2v) is 10.6. The van der Waals surface area contributed by atoms with E-state index in [1.807, 2.05) is 30.3 Å². The number of carbonyl (C=O) groups is 2. The third kappa shape index (κ3) is 4.20. The zero-order chi connectivity index (χ0) is 24.6. The van der Waals surface area contributed by atoms with E-state index in [1.165, 1.54) is 28.6 Å². The van der Waals surface area contributed by atoms with Crippen LogP contribution in [0.5, 0.6) is 0 Å². The first-order chi connectivity index (χ1) is 16.9. The summed E-state index contributed by atoms with van der Waals surface area (Å²) in [6.45, 7) is 4.12. The van der Waals surface area contributed by atoms with Crippen molar-refractivity contribution in [3.8, 4) is 0 Å². The fraction of sp³-hybridized carbons (Fsp3) is 0.308. The molecule has 1 N–H and O–H groups in total. The minimum atomic E-state index is -3.63. The average molecular weight is 494 g/mol. The molecule has 0 unspecified atom stereocenters. The summed E-state index contributed by atoms with van der Waals surface area (Å²) in [7, 11) is -3.63. The predicted octanol–water partition coefficient (Wildman–Crippen LogP) is 3.87. The molecule has 0 radical (unpaired) electrons. The summed E-state index contributed by atoms with van der Waals surface area (Å²) in [4.78, 5) is 27.9. The van der Waals surface area contributed by atoms with Crippen LogP contribution in [0, 0.1) is 0 Å². The van der Waals surface area contributed by atoms with Crippen LogP contribution >= 0.6 is 0 Å². The van der Waals surface area contributed by atoms with E-state index in [-0.39, 0.29) is 16.7 Å². The maximum atomic E-state index is 13.0. The zero-order valence-electron chi connectivity index (χ0n) is 19.5. The van der Waals surface area contributed by atoms with Crippen molar-refractivity contribution < 1.29 is 22.7 Å². The lowest BCUT2D eigenvalue weighted by Crippen LogP contribution is -2.40.